The zero-order chi connectivity index (χ0) is 14.7. The first-order valence-electron chi connectivity index (χ1n) is 6.63. The van der Waals surface area contributed by atoms with Gasteiger partial charge in [0, 0.05) is 0 Å². The van der Waals surface area contributed by atoms with Crippen LogP contribution >= 0.6 is 0 Å². The van der Waals surface area contributed by atoms with E-state index in [-0.39, 0.29) is 5.82 Å². The molecule has 20 heavy (non-hydrogen) atoms. The van der Waals surface area contributed by atoms with Crippen LogP contribution in [0.1, 0.15) is 41.2 Å². The molecule has 0 aliphatic carbocycles. The van der Waals surface area contributed by atoms with Gasteiger partial charge in [0.25, 0.3) is 0 Å². The molecule has 0 unspecified atom stereocenters. The van der Waals surface area contributed by atoms with Gasteiger partial charge < -0.3 is 5.11 Å². The van der Waals surface area contributed by atoms with E-state index in [1.54, 1.807) is 16.8 Å². The van der Waals surface area contributed by atoms with Crippen LogP contribution in [-0.2, 0) is 19.4 Å². The van der Waals surface area contributed by atoms with Gasteiger partial charge in [-0.05, 0) is 30.5 Å². The number of aryl methyl sites for hydroxylation is 1. The Morgan fingerprint density at radius 3 is 2.40 bits per heavy atom. The van der Waals surface area contributed by atoms with Crippen molar-refractivity contribution in [1.82, 2.24) is 9.78 Å². The van der Waals surface area contributed by atoms with Crippen LogP contribution in [0.2, 0.25) is 0 Å². The summed E-state index contributed by atoms with van der Waals surface area (Å²) >= 11 is 0. The maximum atomic E-state index is 12.9. The molecule has 0 bridgehead atoms. The molecule has 1 N–H and O–H groups in total. The van der Waals surface area contributed by atoms with Crippen LogP contribution < -0.4 is 0 Å². The van der Waals surface area contributed by atoms with E-state index in [1.807, 2.05) is 13.8 Å². The topological polar surface area (TPSA) is 55.1 Å². The van der Waals surface area contributed by atoms with E-state index in [0.29, 0.717) is 36.3 Å². The van der Waals surface area contributed by atoms with Crippen molar-refractivity contribution < 1.29 is 14.3 Å². The third-order valence-electron chi connectivity index (χ3n) is 3.26. The van der Waals surface area contributed by atoms with Gasteiger partial charge in [-0.3, -0.25) is 4.68 Å². The minimum atomic E-state index is -0.941. The predicted molar refractivity (Wildman–Crippen MR) is 73.4 cm³/mol. The average Bonchev–Trinajstić information content (AvgIpc) is 2.79. The highest BCUT2D eigenvalue weighted by Gasteiger charge is 2.21. The highest BCUT2D eigenvalue weighted by molar-refractivity contribution is 5.90. The summed E-state index contributed by atoms with van der Waals surface area (Å²) in [7, 11) is 0. The number of hydrogen-bond donors (Lipinski definition) is 1. The molecule has 0 atom stereocenters. The van der Waals surface area contributed by atoms with Gasteiger partial charge in [0.05, 0.1) is 17.9 Å². The Bertz CT molecular complexity index is 618. The lowest BCUT2D eigenvalue weighted by atomic mass is 10.1. The zero-order valence-corrected chi connectivity index (χ0v) is 11.6. The maximum absolute atomic E-state index is 12.9. The molecule has 4 nitrogen and oxygen atoms in total. The van der Waals surface area contributed by atoms with Crippen LogP contribution in [-0.4, -0.2) is 20.9 Å². The lowest BCUT2D eigenvalue weighted by molar-refractivity contribution is 0.0694. The van der Waals surface area contributed by atoms with Crippen molar-refractivity contribution in [2.24, 2.45) is 0 Å². The van der Waals surface area contributed by atoms with Gasteiger partial charge in [0.2, 0.25) is 0 Å². The van der Waals surface area contributed by atoms with Crippen molar-refractivity contribution in [3.05, 3.63) is 52.6 Å². The molecule has 106 valence electrons. The van der Waals surface area contributed by atoms with E-state index in [9.17, 15) is 14.3 Å². The Kier molecular flexibility index (Phi) is 4.17. The van der Waals surface area contributed by atoms with E-state index >= 15 is 0 Å². The fourth-order valence-corrected chi connectivity index (χ4v) is 2.30. The van der Waals surface area contributed by atoms with Crippen molar-refractivity contribution >= 4 is 5.97 Å². The smallest absolute Gasteiger partial charge is 0.339 e. The fraction of sp³-hybridized carbons (Fsp3) is 0.333. The first kappa shape index (κ1) is 14.2. The lowest BCUT2D eigenvalue weighted by Crippen LogP contribution is -2.08. The molecule has 1 heterocycles. The number of halogens is 1. The Hall–Kier alpha value is -2.17. The van der Waals surface area contributed by atoms with Crippen molar-refractivity contribution in [1.29, 1.82) is 0 Å². The van der Waals surface area contributed by atoms with Gasteiger partial charge >= 0.3 is 5.97 Å². The molecule has 2 aromatic rings. The Morgan fingerprint density at radius 1 is 1.25 bits per heavy atom. The molecular formula is C15H17FN2O2. The summed E-state index contributed by atoms with van der Waals surface area (Å²) < 4.78 is 14.6. The Balaban J connectivity index is 2.41. The number of benzene rings is 1. The van der Waals surface area contributed by atoms with Crippen LogP contribution in [0.4, 0.5) is 4.39 Å². The summed E-state index contributed by atoms with van der Waals surface area (Å²) in [5.41, 5.74) is 2.50. The molecule has 5 heteroatoms. The van der Waals surface area contributed by atoms with Gasteiger partial charge in [-0.1, -0.05) is 26.0 Å². The molecule has 0 aliphatic rings. The van der Waals surface area contributed by atoms with E-state index in [2.05, 4.69) is 5.10 Å². The lowest BCUT2D eigenvalue weighted by Gasteiger charge is -2.06. The van der Waals surface area contributed by atoms with Crippen LogP contribution in [0, 0.1) is 5.82 Å². The Labute approximate surface area is 116 Å². The first-order valence-corrected chi connectivity index (χ1v) is 6.63. The highest BCUT2D eigenvalue weighted by atomic mass is 19.1. The SMILES string of the molecule is CCc1nn(Cc2ccc(F)cc2)c(CC)c1C(=O)O. The molecular weight excluding hydrogens is 259 g/mol. The third kappa shape index (κ3) is 2.71. The molecule has 0 amide bonds. The second kappa shape index (κ2) is 5.86. The van der Waals surface area contributed by atoms with Crippen molar-refractivity contribution in [3.63, 3.8) is 0 Å². The van der Waals surface area contributed by atoms with E-state index in [4.69, 9.17) is 0 Å². The van der Waals surface area contributed by atoms with Crippen LogP contribution in [0.25, 0.3) is 0 Å². The van der Waals surface area contributed by atoms with Gasteiger partial charge in [0.1, 0.15) is 11.4 Å². The summed E-state index contributed by atoms with van der Waals surface area (Å²) in [4.78, 5) is 11.4. The second-order valence-corrected chi connectivity index (χ2v) is 4.56. The third-order valence-corrected chi connectivity index (χ3v) is 3.26. The molecule has 0 saturated heterocycles. The highest BCUT2D eigenvalue weighted by Crippen LogP contribution is 2.18. The Morgan fingerprint density at radius 2 is 1.90 bits per heavy atom. The number of aromatic nitrogens is 2. The van der Waals surface area contributed by atoms with E-state index in [1.165, 1.54) is 12.1 Å². The van der Waals surface area contributed by atoms with Crippen molar-refractivity contribution in [2.45, 2.75) is 33.2 Å². The molecule has 1 aromatic carbocycles. The van der Waals surface area contributed by atoms with E-state index in [0.717, 1.165) is 5.56 Å². The van der Waals surface area contributed by atoms with Crippen molar-refractivity contribution in [2.75, 3.05) is 0 Å². The second-order valence-electron chi connectivity index (χ2n) is 4.56. The molecule has 0 fully saturated rings. The normalized spacial score (nSPS) is 10.8. The largest absolute Gasteiger partial charge is 0.478 e. The van der Waals surface area contributed by atoms with Gasteiger partial charge in [0.15, 0.2) is 0 Å². The number of carbonyl (C=O) groups is 1. The minimum Gasteiger partial charge on any atom is -0.478 e. The van der Waals surface area contributed by atoms with Gasteiger partial charge in [-0.25, -0.2) is 9.18 Å². The monoisotopic (exact) mass is 276 g/mol. The van der Waals surface area contributed by atoms with Crippen LogP contribution in [0.3, 0.4) is 0 Å². The number of aromatic carboxylic acids is 1. The summed E-state index contributed by atoms with van der Waals surface area (Å²) in [5, 5.41) is 13.7. The van der Waals surface area contributed by atoms with E-state index < -0.39 is 5.97 Å². The summed E-state index contributed by atoms with van der Waals surface area (Å²) in [6.07, 6.45) is 1.17. The average molecular weight is 276 g/mol. The summed E-state index contributed by atoms with van der Waals surface area (Å²) in [6, 6.07) is 6.15. The number of hydrogen-bond acceptors (Lipinski definition) is 2. The molecule has 2 rings (SSSR count). The fourth-order valence-electron chi connectivity index (χ4n) is 2.30. The van der Waals surface area contributed by atoms with Gasteiger partial charge in [-0.2, -0.15) is 5.10 Å². The molecule has 0 saturated carbocycles. The number of carboxylic acid groups (broad SMARTS) is 1. The maximum Gasteiger partial charge on any atom is 0.339 e. The summed E-state index contributed by atoms with van der Waals surface area (Å²) in [5.74, 6) is -1.23. The molecule has 0 aliphatic heterocycles. The zero-order valence-electron chi connectivity index (χ0n) is 11.6. The number of carboxylic acids is 1. The quantitative estimate of drug-likeness (QED) is 0.913. The minimum absolute atomic E-state index is 0.287. The summed E-state index contributed by atoms with van der Waals surface area (Å²) in [6.45, 7) is 4.24. The van der Waals surface area contributed by atoms with Crippen LogP contribution in [0.5, 0.6) is 0 Å². The van der Waals surface area contributed by atoms with Gasteiger partial charge in [-0.15, -0.1) is 0 Å². The first-order chi connectivity index (χ1) is 9.56. The number of nitrogens with zero attached hydrogens (tertiary/aromatic N) is 2. The molecule has 0 spiro atoms. The number of rotatable bonds is 5. The molecule has 1 aromatic heterocycles. The molecule has 0 radical (unpaired) electrons. The van der Waals surface area contributed by atoms with Crippen LogP contribution in [0.15, 0.2) is 24.3 Å². The standard InChI is InChI=1S/C15H17FN2O2/c1-3-12-14(15(19)20)13(4-2)18(17-12)9-10-5-7-11(16)8-6-10/h5-8H,3-4,9H2,1-2H3,(H,19,20). The predicted octanol–water partition coefficient (Wildman–Crippen LogP) is 2.89. The van der Waals surface area contributed by atoms with Crippen molar-refractivity contribution in [3.8, 4) is 0 Å².